The van der Waals surface area contributed by atoms with E-state index in [-0.39, 0.29) is 0 Å². The molecule has 0 aliphatic carbocycles. The van der Waals surface area contributed by atoms with Crippen molar-refractivity contribution in [3.63, 3.8) is 0 Å². The average molecular weight is 551 g/mol. The molecule has 0 fully saturated rings. The van der Waals surface area contributed by atoms with E-state index in [1.54, 1.807) is 12.1 Å². The fourth-order valence-corrected chi connectivity index (χ4v) is 10.3. The van der Waals surface area contributed by atoms with E-state index in [4.69, 9.17) is 4.74 Å². The van der Waals surface area contributed by atoms with Crippen LogP contribution in [0.4, 0.5) is 0 Å². The van der Waals surface area contributed by atoms with Gasteiger partial charge in [-0.2, -0.15) is 0 Å². The zero-order chi connectivity index (χ0) is 27.9. The summed E-state index contributed by atoms with van der Waals surface area (Å²) in [4.78, 5) is 10.9. The number of carbonyl (C=O) groups is 1. The van der Waals surface area contributed by atoms with Gasteiger partial charge in [0.2, 0.25) is 0 Å². The van der Waals surface area contributed by atoms with Crippen molar-refractivity contribution in [3.05, 3.63) is 175 Å². The zero-order valence-corrected chi connectivity index (χ0v) is 23.7. The number of hydrogen-bond acceptors (Lipinski definition) is 2. The second kappa shape index (κ2) is 12.2. The third-order valence-corrected chi connectivity index (χ3v) is 12.4. The minimum Gasteiger partial charge on any atom is -0.0480 e. The van der Waals surface area contributed by atoms with E-state index in [0.717, 1.165) is 17.6 Å². The SMILES string of the molecule is O=Cc1ccc(OCc2ccc(-c3ccc([PH](c4ccccc4)(c4ccccc4)c4ccccc4)cc3)cc2)cc1. The minimum atomic E-state index is -2.52. The molecule has 0 radical (unpaired) electrons. The Morgan fingerprint density at radius 2 is 0.878 bits per heavy atom. The topological polar surface area (TPSA) is 26.3 Å². The van der Waals surface area contributed by atoms with Crippen LogP contribution in [0.3, 0.4) is 0 Å². The van der Waals surface area contributed by atoms with Crippen molar-refractivity contribution >= 4 is 34.8 Å². The molecule has 0 saturated carbocycles. The second-order valence-corrected chi connectivity index (χ2v) is 13.9. The molecule has 0 atom stereocenters. The first-order chi connectivity index (χ1) is 20.3. The monoisotopic (exact) mass is 550 g/mol. The van der Waals surface area contributed by atoms with Gasteiger partial charge >= 0.3 is 214 Å². The molecule has 0 N–H and O–H groups in total. The van der Waals surface area contributed by atoms with Crippen LogP contribution in [0.2, 0.25) is 0 Å². The van der Waals surface area contributed by atoms with E-state index >= 15 is 0 Å². The predicted molar refractivity (Wildman–Crippen MR) is 174 cm³/mol. The number of benzene rings is 6. The molecule has 0 spiro atoms. The summed E-state index contributed by atoms with van der Waals surface area (Å²) in [5, 5.41) is 5.47. The van der Waals surface area contributed by atoms with Crippen molar-refractivity contribution in [1.82, 2.24) is 0 Å². The Labute approximate surface area is 242 Å². The van der Waals surface area contributed by atoms with Gasteiger partial charge in [-0.3, -0.25) is 4.79 Å². The van der Waals surface area contributed by atoms with Gasteiger partial charge in [0.15, 0.2) is 0 Å². The van der Waals surface area contributed by atoms with Gasteiger partial charge in [-0.25, -0.2) is 0 Å². The number of aldehydes is 1. The molecule has 0 unspecified atom stereocenters. The van der Waals surface area contributed by atoms with Gasteiger partial charge in [0.05, 0.1) is 0 Å². The molecule has 2 nitrogen and oxygen atoms in total. The number of hydrogen-bond donors (Lipinski definition) is 0. The van der Waals surface area contributed by atoms with Crippen LogP contribution in [-0.4, -0.2) is 6.29 Å². The van der Waals surface area contributed by atoms with E-state index in [1.807, 2.05) is 12.1 Å². The molecule has 0 bridgehead atoms. The number of ether oxygens (including phenoxy) is 1. The summed E-state index contributed by atoms with van der Waals surface area (Å²) >= 11 is 0. The third kappa shape index (κ3) is 5.48. The summed E-state index contributed by atoms with van der Waals surface area (Å²) in [5.74, 6) is 0.748. The summed E-state index contributed by atoms with van der Waals surface area (Å²) in [7, 11) is -2.52. The van der Waals surface area contributed by atoms with Gasteiger partial charge in [-0.1, -0.05) is 0 Å². The van der Waals surface area contributed by atoms with Crippen LogP contribution in [0, 0.1) is 0 Å². The summed E-state index contributed by atoms with van der Waals surface area (Å²) in [6.45, 7) is 0.471. The molecule has 0 aliphatic heterocycles. The fourth-order valence-electron chi connectivity index (χ4n) is 5.58. The van der Waals surface area contributed by atoms with Crippen molar-refractivity contribution < 1.29 is 9.53 Å². The average Bonchev–Trinajstić information content (AvgIpc) is 3.06. The first-order valence-corrected chi connectivity index (χ1v) is 15.8. The van der Waals surface area contributed by atoms with E-state index in [2.05, 4.69) is 140 Å². The molecule has 41 heavy (non-hydrogen) atoms. The maximum absolute atomic E-state index is 10.9. The van der Waals surface area contributed by atoms with Crippen LogP contribution in [0.5, 0.6) is 5.75 Å². The van der Waals surface area contributed by atoms with Gasteiger partial charge in [-0.15, -0.1) is 0 Å². The van der Waals surface area contributed by atoms with Crippen LogP contribution >= 0.6 is 7.26 Å². The van der Waals surface area contributed by atoms with Crippen LogP contribution in [0.25, 0.3) is 11.1 Å². The molecule has 0 amide bonds. The molecule has 0 aliphatic rings. The van der Waals surface area contributed by atoms with Gasteiger partial charge in [-0.05, 0) is 12.1 Å². The molecule has 3 heteroatoms. The molecule has 6 aromatic carbocycles. The summed E-state index contributed by atoms with van der Waals surface area (Å²) in [6.07, 6.45) is 0.836. The molecule has 0 saturated heterocycles. The minimum absolute atomic E-state index is 0.471. The Kier molecular flexibility index (Phi) is 7.85. The van der Waals surface area contributed by atoms with Gasteiger partial charge in [0, 0.05) is 5.56 Å². The molecule has 0 heterocycles. The number of rotatable bonds is 9. The van der Waals surface area contributed by atoms with Crippen LogP contribution < -0.4 is 26.0 Å². The molecule has 200 valence electrons. The Balaban J connectivity index is 1.32. The van der Waals surface area contributed by atoms with Crippen molar-refractivity contribution in [1.29, 1.82) is 0 Å². The van der Waals surface area contributed by atoms with Gasteiger partial charge in [0.1, 0.15) is 6.29 Å². The standard InChI is InChI=1S/C38H31O2P/c39-28-30-18-24-34(25-19-30)40-29-31-16-20-32(21-17-31)33-22-26-38(27-23-33)41(35-10-4-1-5-11-35,36-12-6-2-7-13-36)37-14-8-3-9-15-37/h1-28,41H,29H2. The molecular weight excluding hydrogens is 519 g/mol. The van der Waals surface area contributed by atoms with Crippen molar-refractivity contribution in [2.24, 2.45) is 0 Å². The van der Waals surface area contributed by atoms with E-state index in [1.165, 1.54) is 32.3 Å². The van der Waals surface area contributed by atoms with Crippen LogP contribution in [0.15, 0.2) is 164 Å². The summed E-state index contributed by atoms with van der Waals surface area (Å²) < 4.78 is 5.91. The smallest absolute Gasteiger partial charge is 0.0480 e. The van der Waals surface area contributed by atoms with E-state index in [9.17, 15) is 4.79 Å². The quantitative estimate of drug-likeness (QED) is 0.142. The van der Waals surface area contributed by atoms with Crippen LogP contribution in [-0.2, 0) is 6.61 Å². The van der Waals surface area contributed by atoms with Gasteiger partial charge in [0.25, 0.3) is 0 Å². The summed E-state index contributed by atoms with van der Waals surface area (Å²) in [5.41, 5.74) is 4.09. The Bertz CT molecular complexity index is 1600. The first kappa shape index (κ1) is 26.4. The molecule has 6 aromatic rings. The van der Waals surface area contributed by atoms with Crippen molar-refractivity contribution in [2.45, 2.75) is 6.61 Å². The van der Waals surface area contributed by atoms with Crippen LogP contribution in [0.1, 0.15) is 15.9 Å². The normalized spacial score (nSPS) is 11.5. The second-order valence-electron chi connectivity index (χ2n) is 10.1. The maximum atomic E-state index is 10.9. The molecule has 6 rings (SSSR count). The number of carbonyl (C=O) groups excluding carboxylic acids is 1. The van der Waals surface area contributed by atoms with Crippen molar-refractivity contribution in [3.8, 4) is 16.9 Å². The molecular formula is C38H31O2P. The third-order valence-electron chi connectivity index (χ3n) is 7.65. The summed E-state index contributed by atoms with van der Waals surface area (Å²) in [6, 6.07) is 57.8. The first-order valence-electron chi connectivity index (χ1n) is 13.8. The fraction of sp³-hybridized carbons (Fsp3) is 0.0263. The van der Waals surface area contributed by atoms with E-state index in [0.29, 0.717) is 12.2 Å². The van der Waals surface area contributed by atoms with E-state index < -0.39 is 7.26 Å². The zero-order valence-electron chi connectivity index (χ0n) is 22.7. The Hall–Kier alpha value is -4.78. The Morgan fingerprint density at radius 1 is 0.463 bits per heavy atom. The van der Waals surface area contributed by atoms with Crippen molar-refractivity contribution in [2.75, 3.05) is 0 Å². The Morgan fingerprint density at radius 3 is 1.32 bits per heavy atom. The molecule has 0 aromatic heterocycles. The predicted octanol–water partition coefficient (Wildman–Crippen LogP) is 7.10. The van der Waals surface area contributed by atoms with Gasteiger partial charge < -0.3 is 0 Å².